The lowest BCUT2D eigenvalue weighted by molar-refractivity contribution is 0.102. The van der Waals surface area contributed by atoms with E-state index < -0.39 is 12.7 Å². The van der Waals surface area contributed by atoms with Gasteiger partial charge in [0.15, 0.2) is 5.75 Å². The van der Waals surface area contributed by atoms with Gasteiger partial charge in [-0.3, -0.25) is 9.32 Å². The molecule has 6 nitrogen and oxygen atoms in total. The van der Waals surface area contributed by atoms with Gasteiger partial charge < -0.3 is 14.6 Å². The minimum Gasteiger partial charge on any atom is -0.497 e. The number of carbonyl (C=O) groups excluding carboxylic acids is 1. The van der Waals surface area contributed by atoms with Crippen LogP contribution in [0.5, 0.6) is 11.5 Å². The van der Waals surface area contributed by atoms with Crippen LogP contribution in [0.2, 0.25) is 15.1 Å². The molecule has 0 bridgehead atoms. The monoisotopic (exact) mass is 525 g/mol. The number of nitrogens with one attached hydrogen (secondary N) is 1. The highest BCUT2D eigenvalue weighted by atomic mass is 35.5. The number of hydrogen-bond donors (Lipinski definition) is 1. The Morgan fingerprint density at radius 3 is 2.35 bits per heavy atom. The van der Waals surface area contributed by atoms with Crippen molar-refractivity contribution in [3.05, 3.63) is 51.0 Å². The van der Waals surface area contributed by atoms with E-state index in [1.807, 2.05) is 13.8 Å². The van der Waals surface area contributed by atoms with E-state index in [4.69, 9.17) is 48.6 Å². The fourth-order valence-corrected chi connectivity index (χ4v) is 7.11. The summed E-state index contributed by atoms with van der Waals surface area (Å²) in [5.41, 5.74) is 0.264. The van der Waals surface area contributed by atoms with Gasteiger partial charge in [-0.1, -0.05) is 48.7 Å². The third-order valence-electron chi connectivity index (χ3n) is 3.73. The van der Waals surface area contributed by atoms with Crippen LogP contribution in [-0.2, 0) is 9.09 Å². The molecule has 2 rings (SSSR count). The summed E-state index contributed by atoms with van der Waals surface area (Å²) in [5.74, 6) is 0.878. The smallest absolute Gasteiger partial charge is 0.440 e. The quantitative estimate of drug-likeness (QED) is 0.318. The summed E-state index contributed by atoms with van der Waals surface area (Å²) < 4.78 is 29.7. The second-order valence-electron chi connectivity index (χ2n) is 6.71. The van der Waals surface area contributed by atoms with Crippen molar-refractivity contribution in [2.45, 2.75) is 20.8 Å². The first-order valence-electron chi connectivity index (χ1n) is 9.31. The molecule has 1 amide bonds. The molecule has 1 N–H and O–H groups in total. The average Bonchev–Trinajstić information content (AvgIpc) is 2.67. The number of carbonyl (C=O) groups is 1. The Morgan fingerprint density at radius 2 is 1.81 bits per heavy atom. The van der Waals surface area contributed by atoms with Crippen LogP contribution in [0.25, 0.3) is 0 Å². The second-order valence-corrected chi connectivity index (χ2v) is 12.0. The first-order valence-corrected chi connectivity index (χ1v) is 13.6. The van der Waals surface area contributed by atoms with Crippen molar-refractivity contribution in [1.82, 2.24) is 0 Å². The van der Waals surface area contributed by atoms with Crippen LogP contribution in [0.3, 0.4) is 0 Å². The number of ether oxygens (including phenoxy) is 1. The van der Waals surface area contributed by atoms with Crippen LogP contribution < -0.4 is 14.6 Å². The summed E-state index contributed by atoms with van der Waals surface area (Å²) in [5, 5.41) is 3.17. The van der Waals surface area contributed by atoms with Crippen molar-refractivity contribution >= 4 is 64.6 Å². The normalized spacial score (nSPS) is 13.0. The predicted octanol–water partition coefficient (Wildman–Crippen LogP) is 7.82. The number of rotatable bonds is 10. The highest BCUT2D eigenvalue weighted by molar-refractivity contribution is 8.55. The Balaban J connectivity index is 2.39. The topological polar surface area (TPSA) is 73.9 Å². The molecule has 11 heteroatoms. The highest BCUT2D eigenvalue weighted by Crippen LogP contribution is 2.61. The van der Waals surface area contributed by atoms with Gasteiger partial charge in [-0.15, -0.1) is 0 Å². The molecule has 0 aliphatic rings. The molecule has 31 heavy (non-hydrogen) atoms. The van der Waals surface area contributed by atoms with Gasteiger partial charge in [0.2, 0.25) is 0 Å². The summed E-state index contributed by atoms with van der Waals surface area (Å²) >= 11 is 19.3. The fraction of sp³-hybridized carbons (Fsp3) is 0.350. The molecule has 0 saturated heterocycles. The van der Waals surface area contributed by atoms with Gasteiger partial charge >= 0.3 is 6.80 Å². The van der Waals surface area contributed by atoms with Crippen molar-refractivity contribution in [1.29, 1.82) is 0 Å². The van der Waals surface area contributed by atoms with E-state index >= 15 is 0 Å². The van der Waals surface area contributed by atoms with E-state index in [1.165, 1.54) is 25.3 Å². The molecular formula is C20H23Cl3NO5PS. The number of anilines is 1. The van der Waals surface area contributed by atoms with Crippen LogP contribution in [0.15, 0.2) is 30.3 Å². The number of hydrogen-bond acceptors (Lipinski definition) is 6. The molecule has 2 aromatic carbocycles. The summed E-state index contributed by atoms with van der Waals surface area (Å²) in [6.07, 6.45) is 0. The molecule has 0 aliphatic heterocycles. The maximum Gasteiger partial charge on any atom is 0.440 e. The highest BCUT2D eigenvalue weighted by Gasteiger charge is 2.29. The number of methoxy groups -OCH3 is 1. The first-order chi connectivity index (χ1) is 14.6. The first kappa shape index (κ1) is 26.2. The average molecular weight is 527 g/mol. The zero-order chi connectivity index (χ0) is 23.2. The lowest BCUT2D eigenvalue weighted by atomic mass is 10.2. The third-order valence-corrected chi connectivity index (χ3v) is 8.61. The zero-order valence-corrected chi connectivity index (χ0v) is 21.4. The molecule has 1 unspecified atom stereocenters. The van der Waals surface area contributed by atoms with E-state index in [9.17, 15) is 9.36 Å². The molecule has 0 radical (unpaired) electrons. The Kier molecular flexibility index (Phi) is 9.87. The SMILES string of the molecule is CCOP(=O)(Oc1ccc(OC)cc1NC(=O)c1c(Cl)cc(Cl)cc1Cl)SCC(C)C. The van der Waals surface area contributed by atoms with Crippen molar-refractivity contribution in [2.75, 3.05) is 24.8 Å². The Morgan fingerprint density at radius 1 is 1.16 bits per heavy atom. The van der Waals surface area contributed by atoms with E-state index in [-0.39, 0.29) is 39.6 Å². The minimum absolute atomic E-state index is 0.0451. The van der Waals surface area contributed by atoms with Crippen molar-refractivity contribution in [3.63, 3.8) is 0 Å². The fourth-order valence-electron chi connectivity index (χ4n) is 2.37. The molecule has 1 atom stereocenters. The molecule has 0 saturated carbocycles. The van der Waals surface area contributed by atoms with E-state index in [0.29, 0.717) is 16.5 Å². The standard InChI is InChI=1S/C20H23Cl3NO5PS/c1-5-28-30(26,31-11-12(2)3)29-18-7-6-14(27-4)10-17(18)24-20(25)19-15(22)8-13(21)9-16(19)23/h6-10,12H,5,11H2,1-4H3,(H,24,25). The summed E-state index contributed by atoms with van der Waals surface area (Å²) in [6, 6.07) is 7.53. The van der Waals surface area contributed by atoms with Gasteiger partial charge in [-0.2, -0.15) is 0 Å². The summed E-state index contributed by atoms with van der Waals surface area (Å²) in [4.78, 5) is 12.9. The third kappa shape index (κ3) is 7.48. The lowest BCUT2D eigenvalue weighted by Crippen LogP contribution is -2.14. The molecule has 0 spiro atoms. The molecule has 0 heterocycles. The Bertz CT molecular complexity index is 966. The van der Waals surface area contributed by atoms with Crippen LogP contribution in [0.1, 0.15) is 31.1 Å². The summed E-state index contributed by atoms with van der Waals surface area (Å²) in [6.45, 7) is 2.41. The largest absolute Gasteiger partial charge is 0.497 e. The number of amides is 1. The number of benzene rings is 2. The van der Waals surface area contributed by atoms with Gasteiger partial charge in [0.1, 0.15) is 5.75 Å². The Labute approximate surface area is 201 Å². The molecule has 170 valence electrons. The zero-order valence-electron chi connectivity index (χ0n) is 17.4. The van der Waals surface area contributed by atoms with E-state index in [1.54, 1.807) is 19.1 Å². The summed E-state index contributed by atoms with van der Waals surface area (Å²) in [7, 11) is 1.48. The van der Waals surface area contributed by atoms with E-state index in [0.717, 1.165) is 11.4 Å². The second kappa shape index (κ2) is 11.7. The van der Waals surface area contributed by atoms with Gasteiger partial charge in [0, 0.05) is 16.8 Å². The van der Waals surface area contributed by atoms with Gasteiger partial charge in [0.25, 0.3) is 5.91 Å². The molecule has 0 fully saturated rings. The minimum atomic E-state index is -3.53. The van der Waals surface area contributed by atoms with Crippen molar-refractivity contribution < 1.29 is 23.1 Å². The molecule has 0 aromatic heterocycles. The van der Waals surface area contributed by atoms with Gasteiger partial charge in [-0.05, 0) is 48.5 Å². The maximum atomic E-state index is 13.2. The molecular weight excluding hydrogens is 504 g/mol. The maximum absolute atomic E-state index is 13.2. The molecule has 2 aromatic rings. The lowest BCUT2D eigenvalue weighted by Gasteiger charge is -2.21. The number of halogens is 3. The van der Waals surface area contributed by atoms with Crippen molar-refractivity contribution in [3.8, 4) is 11.5 Å². The van der Waals surface area contributed by atoms with Crippen LogP contribution in [0, 0.1) is 5.92 Å². The van der Waals surface area contributed by atoms with Crippen LogP contribution in [-0.4, -0.2) is 25.4 Å². The van der Waals surface area contributed by atoms with Crippen molar-refractivity contribution in [2.24, 2.45) is 5.92 Å². The predicted molar refractivity (Wildman–Crippen MR) is 130 cm³/mol. The van der Waals surface area contributed by atoms with Crippen LogP contribution in [0.4, 0.5) is 5.69 Å². The van der Waals surface area contributed by atoms with Crippen LogP contribution >= 0.6 is 53.0 Å². The van der Waals surface area contributed by atoms with Gasteiger partial charge in [-0.25, -0.2) is 4.57 Å². The van der Waals surface area contributed by atoms with E-state index in [2.05, 4.69) is 5.32 Å². The van der Waals surface area contributed by atoms with Gasteiger partial charge in [0.05, 0.1) is 35.0 Å². The Hall–Kier alpha value is -1.08. The molecule has 0 aliphatic carbocycles.